The van der Waals surface area contributed by atoms with Crippen LogP contribution in [0, 0.1) is 0 Å². The van der Waals surface area contributed by atoms with Gasteiger partial charge in [0.1, 0.15) is 5.75 Å². The molecule has 0 heterocycles. The molecule has 5 nitrogen and oxygen atoms in total. The summed E-state index contributed by atoms with van der Waals surface area (Å²) in [6, 6.07) is 7.15. The van der Waals surface area contributed by atoms with Gasteiger partial charge in [0.05, 0.1) is 25.7 Å². The number of unbranched alkanes of at least 4 members (excludes halogenated alkanes) is 2. The summed E-state index contributed by atoms with van der Waals surface area (Å²) in [7, 11) is 1.55. The molecule has 0 saturated carbocycles. The van der Waals surface area contributed by atoms with Gasteiger partial charge in [-0.1, -0.05) is 31.9 Å². The van der Waals surface area contributed by atoms with Crippen molar-refractivity contribution in [1.82, 2.24) is 4.90 Å². The van der Waals surface area contributed by atoms with Gasteiger partial charge >= 0.3 is 5.97 Å². The summed E-state index contributed by atoms with van der Waals surface area (Å²) < 4.78 is 10.2. The van der Waals surface area contributed by atoms with Gasteiger partial charge < -0.3 is 14.4 Å². The lowest BCUT2D eigenvalue weighted by Crippen LogP contribution is -2.34. The molecule has 5 heteroatoms. The second-order valence-electron chi connectivity index (χ2n) is 5.25. The van der Waals surface area contributed by atoms with Crippen LogP contribution in [-0.4, -0.2) is 43.6 Å². The van der Waals surface area contributed by atoms with Crippen LogP contribution >= 0.6 is 0 Å². The zero-order valence-corrected chi connectivity index (χ0v) is 14.3. The molecular weight excluding hydrogens is 294 g/mol. The zero-order valence-electron chi connectivity index (χ0n) is 14.3. The fraction of sp³-hybridized carbons (Fsp3) is 0.556. The van der Waals surface area contributed by atoms with E-state index in [2.05, 4.69) is 6.92 Å². The van der Waals surface area contributed by atoms with Crippen molar-refractivity contribution in [2.75, 3.05) is 26.8 Å². The van der Waals surface area contributed by atoms with Gasteiger partial charge in [0.25, 0.3) is 5.91 Å². The zero-order chi connectivity index (χ0) is 17.1. The molecule has 1 aromatic rings. The van der Waals surface area contributed by atoms with Crippen LogP contribution in [0.2, 0.25) is 0 Å². The first-order valence-corrected chi connectivity index (χ1v) is 8.21. The number of ether oxygens (including phenoxy) is 2. The number of carbonyl (C=O) groups excluding carboxylic acids is 2. The van der Waals surface area contributed by atoms with Crippen molar-refractivity contribution in [3.05, 3.63) is 29.8 Å². The van der Waals surface area contributed by atoms with Gasteiger partial charge in [0.15, 0.2) is 0 Å². The maximum Gasteiger partial charge on any atom is 0.307 e. The summed E-state index contributed by atoms with van der Waals surface area (Å²) in [5.74, 6) is 0.165. The molecule has 1 rings (SSSR count). The molecule has 0 aromatic heterocycles. The number of hydrogen-bond acceptors (Lipinski definition) is 4. The fourth-order valence-corrected chi connectivity index (χ4v) is 2.32. The molecule has 128 valence electrons. The topological polar surface area (TPSA) is 55.8 Å². The molecule has 0 spiro atoms. The van der Waals surface area contributed by atoms with Gasteiger partial charge in [-0.3, -0.25) is 9.59 Å². The van der Waals surface area contributed by atoms with Crippen molar-refractivity contribution in [2.45, 2.75) is 39.5 Å². The number of para-hydroxylation sites is 1. The molecule has 0 saturated heterocycles. The van der Waals surface area contributed by atoms with E-state index in [9.17, 15) is 9.59 Å². The van der Waals surface area contributed by atoms with Crippen LogP contribution in [0.4, 0.5) is 0 Å². The molecule has 1 amide bonds. The van der Waals surface area contributed by atoms with Crippen LogP contribution in [0.15, 0.2) is 24.3 Å². The minimum Gasteiger partial charge on any atom is -0.496 e. The summed E-state index contributed by atoms with van der Waals surface area (Å²) in [6.45, 7) is 5.24. The van der Waals surface area contributed by atoms with Crippen LogP contribution in [0.5, 0.6) is 5.75 Å². The number of amides is 1. The van der Waals surface area contributed by atoms with E-state index in [-0.39, 0.29) is 18.3 Å². The van der Waals surface area contributed by atoms with Crippen LogP contribution in [0.3, 0.4) is 0 Å². The van der Waals surface area contributed by atoms with Gasteiger partial charge in [-0.05, 0) is 25.5 Å². The Hall–Kier alpha value is -2.04. The van der Waals surface area contributed by atoms with E-state index < -0.39 is 0 Å². The van der Waals surface area contributed by atoms with Gasteiger partial charge in [-0.2, -0.15) is 0 Å². The normalized spacial score (nSPS) is 10.2. The maximum absolute atomic E-state index is 12.8. The standard InChI is InChI=1S/C18H27NO4/c1-4-6-9-13-19(14-12-17(20)23-5-2)18(21)15-10-7-8-11-16(15)22-3/h7-8,10-11H,4-6,9,12-14H2,1-3H3. The average molecular weight is 321 g/mol. The molecule has 1 aromatic carbocycles. The number of nitrogens with zero attached hydrogens (tertiary/aromatic N) is 1. The Bertz CT molecular complexity index is 502. The SMILES string of the molecule is CCCCCN(CCC(=O)OCC)C(=O)c1ccccc1OC. The van der Waals surface area contributed by atoms with Crippen molar-refractivity contribution < 1.29 is 19.1 Å². The first-order valence-electron chi connectivity index (χ1n) is 8.21. The summed E-state index contributed by atoms with van der Waals surface area (Å²) in [5, 5.41) is 0. The third-order valence-corrected chi connectivity index (χ3v) is 3.55. The molecule has 0 aliphatic rings. The molecule has 0 aliphatic heterocycles. The number of methoxy groups -OCH3 is 1. The maximum atomic E-state index is 12.8. The first-order chi connectivity index (χ1) is 11.1. The number of hydrogen-bond donors (Lipinski definition) is 0. The van der Waals surface area contributed by atoms with Crippen LogP contribution in [0.1, 0.15) is 49.9 Å². The third-order valence-electron chi connectivity index (χ3n) is 3.55. The molecule has 0 bridgehead atoms. The second-order valence-corrected chi connectivity index (χ2v) is 5.25. The lowest BCUT2D eigenvalue weighted by atomic mass is 10.1. The van der Waals surface area contributed by atoms with Gasteiger partial charge in [0.2, 0.25) is 0 Å². The Balaban J connectivity index is 2.80. The average Bonchev–Trinajstić information content (AvgIpc) is 2.57. The molecule has 23 heavy (non-hydrogen) atoms. The molecule has 0 atom stereocenters. The van der Waals surface area contributed by atoms with E-state index in [1.165, 1.54) is 0 Å². The van der Waals surface area contributed by atoms with Crippen molar-refractivity contribution in [1.29, 1.82) is 0 Å². The smallest absolute Gasteiger partial charge is 0.307 e. The summed E-state index contributed by atoms with van der Waals surface area (Å²) >= 11 is 0. The highest BCUT2D eigenvalue weighted by molar-refractivity contribution is 5.97. The van der Waals surface area contributed by atoms with E-state index in [0.717, 1.165) is 19.3 Å². The summed E-state index contributed by atoms with van der Waals surface area (Å²) in [4.78, 5) is 26.1. The van der Waals surface area contributed by atoms with Crippen molar-refractivity contribution in [3.8, 4) is 5.75 Å². The van der Waals surface area contributed by atoms with E-state index in [4.69, 9.17) is 9.47 Å². The first kappa shape index (κ1) is 19.0. The third kappa shape index (κ3) is 6.30. The van der Waals surface area contributed by atoms with Crippen molar-refractivity contribution in [3.63, 3.8) is 0 Å². The monoisotopic (exact) mass is 321 g/mol. The number of carbonyl (C=O) groups is 2. The Morgan fingerprint density at radius 3 is 2.48 bits per heavy atom. The fourth-order valence-electron chi connectivity index (χ4n) is 2.32. The van der Waals surface area contributed by atoms with Crippen molar-refractivity contribution >= 4 is 11.9 Å². The Morgan fingerprint density at radius 2 is 1.83 bits per heavy atom. The summed E-state index contributed by atoms with van der Waals surface area (Å²) in [5.41, 5.74) is 0.523. The summed E-state index contributed by atoms with van der Waals surface area (Å²) in [6.07, 6.45) is 3.25. The Labute approximate surface area is 138 Å². The van der Waals surface area contributed by atoms with Gasteiger partial charge in [-0.25, -0.2) is 0 Å². The lowest BCUT2D eigenvalue weighted by molar-refractivity contribution is -0.143. The van der Waals surface area contributed by atoms with Crippen LogP contribution in [0.25, 0.3) is 0 Å². The number of rotatable bonds is 10. The minimum atomic E-state index is -0.277. The quantitative estimate of drug-likeness (QED) is 0.490. The predicted molar refractivity (Wildman–Crippen MR) is 89.7 cm³/mol. The largest absolute Gasteiger partial charge is 0.496 e. The van der Waals surface area contributed by atoms with Crippen molar-refractivity contribution in [2.24, 2.45) is 0 Å². The molecule has 0 fully saturated rings. The Kier molecular flexibility index (Phi) is 8.80. The molecule has 0 N–H and O–H groups in total. The van der Waals surface area contributed by atoms with E-state index >= 15 is 0 Å². The lowest BCUT2D eigenvalue weighted by Gasteiger charge is -2.23. The molecule has 0 radical (unpaired) electrons. The molecular formula is C18H27NO4. The second kappa shape index (κ2) is 10.6. The molecule has 0 aliphatic carbocycles. The van der Waals surface area contributed by atoms with E-state index in [1.54, 1.807) is 31.1 Å². The Morgan fingerprint density at radius 1 is 1.09 bits per heavy atom. The van der Waals surface area contributed by atoms with Gasteiger partial charge in [0, 0.05) is 13.1 Å². The number of benzene rings is 1. The highest BCUT2D eigenvalue weighted by Gasteiger charge is 2.20. The van der Waals surface area contributed by atoms with Crippen LogP contribution < -0.4 is 4.74 Å². The minimum absolute atomic E-state index is 0.108. The highest BCUT2D eigenvalue weighted by atomic mass is 16.5. The van der Waals surface area contributed by atoms with E-state index in [1.807, 2.05) is 12.1 Å². The molecule has 0 unspecified atom stereocenters. The highest BCUT2D eigenvalue weighted by Crippen LogP contribution is 2.20. The number of esters is 1. The predicted octanol–water partition coefficient (Wildman–Crippen LogP) is 3.28. The van der Waals surface area contributed by atoms with E-state index in [0.29, 0.717) is 31.0 Å². The van der Waals surface area contributed by atoms with Gasteiger partial charge in [-0.15, -0.1) is 0 Å². The van der Waals surface area contributed by atoms with Crippen LogP contribution in [-0.2, 0) is 9.53 Å².